The second-order valence-corrected chi connectivity index (χ2v) is 7.71. The van der Waals surface area contributed by atoms with Crippen LogP contribution in [0.3, 0.4) is 0 Å². The van der Waals surface area contributed by atoms with Gasteiger partial charge >= 0.3 is 0 Å². The second-order valence-electron chi connectivity index (χ2n) is 5.15. The van der Waals surface area contributed by atoms with Crippen molar-refractivity contribution in [2.24, 2.45) is 0 Å². The molecule has 0 atom stereocenters. The Kier molecular flexibility index (Phi) is 5.18. The molecule has 1 N–H and O–H groups in total. The lowest BCUT2D eigenvalue weighted by Crippen LogP contribution is -2.12. The van der Waals surface area contributed by atoms with Crippen LogP contribution in [0.4, 0.5) is 5.69 Å². The Morgan fingerprint density at radius 2 is 1.32 bits per heavy atom. The van der Waals surface area contributed by atoms with Crippen LogP contribution in [0, 0.1) is 0 Å². The van der Waals surface area contributed by atoms with Gasteiger partial charge in [0.05, 0.1) is 4.90 Å². The van der Waals surface area contributed by atoms with Crippen LogP contribution in [0.2, 0.25) is 10.0 Å². The highest BCUT2D eigenvalue weighted by molar-refractivity contribution is 7.92. The van der Waals surface area contributed by atoms with E-state index in [0.717, 1.165) is 0 Å². The summed E-state index contributed by atoms with van der Waals surface area (Å²) < 4.78 is 33.0. The van der Waals surface area contributed by atoms with Crippen molar-refractivity contribution in [1.29, 1.82) is 0 Å². The maximum Gasteiger partial charge on any atom is 0.261 e. The van der Waals surface area contributed by atoms with Crippen molar-refractivity contribution in [3.63, 3.8) is 0 Å². The van der Waals surface area contributed by atoms with Gasteiger partial charge in [-0.3, -0.25) is 4.72 Å². The van der Waals surface area contributed by atoms with Crippen LogP contribution in [0.15, 0.2) is 77.7 Å². The first-order valence-corrected chi connectivity index (χ1v) is 9.48. The monoisotopic (exact) mass is 393 g/mol. The number of hydrogen-bond donors (Lipinski definition) is 1. The topological polar surface area (TPSA) is 55.4 Å². The van der Waals surface area contributed by atoms with Gasteiger partial charge in [-0.25, -0.2) is 8.42 Å². The first kappa shape index (κ1) is 17.6. The quantitative estimate of drug-likeness (QED) is 0.614. The summed E-state index contributed by atoms with van der Waals surface area (Å²) in [6.45, 7) is 0. The Bertz CT molecular complexity index is 955. The summed E-state index contributed by atoms with van der Waals surface area (Å²) in [5.74, 6) is 1.30. The van der Waals surface area contributed by atoms with E-state index in [-0.39, 0.29) is 14.9 Å². The number of anilines is 1. The number of nitrogens with one attached hydrogen (secondary N) is 1. The fourth-order valence-corrected chi connectivity index (χ4v) is 3.90. The standard InChI is InChI=1S/C18H13Cl2NO3S/c19-13-10-14(20)12-18(11-13)25(22,23)21-15-6-8-17(9-7-15)24-16-4-2-1-3-5-16/h1-12,21H. The average molecular weight is 394 g/mol. The van der Waals surface area contributed by atoms with Crippen molar-refractivity contribution in [2.75, 3.05) is 4.72 Å². The van der Waals surface area contributed by atoms with Crippen LogP contribution in [-0.4, -0.2) is 8.42 Å². The fourth-order valence-electron chi connectivity index (χ4n) is 2.11. The molecule has 0 aromatic heterocycles. The molecule has 4 nitrogen and oxygen atoms in total. The van der Waals surface area contributed by atoms with Crippen LogP contribution < -0.4 is 9.46 Å². The summed E-state index contributed by atoms with van der Waals surface area (Å²) in [4.78, 5) is -0.00499. The molecule has 3 aromatic carbocycles. The van der Waals surface area contributed by atoms with Gasteiger partial charge in [-0.2, -0.15) is 0 Å². The number of ether oxygens (including phenoxy) is 1. The lowest BCUT2D eigenvalue weighted by atomic mass is 10.3. The van der Waals surface area contributed by atoms with E-state index >= 15 is 0 Å². The van der Waals surface area contributed by atoms with E-state index < -0.39 is 10.0 Å². The Balaban J connectivity index is 1.76. The molecule has 128 valence electrons. The van der Waals surface area contributed by atoms with Crippen molar-refractivity contribution >= 4 is 38.9 Å². The Hall–Kier alpha value is -2.21. The summed E-state index contributed by atoms with van der Waals surface area (Å²) in [5.41, 5.74) is 0.400. The van der Waals surface area contributed by atoms with Crippen molar-refractivity contribution in [3.05, 3.63) is 82.8 Å². The summed E-state index contributed by atoms with van der Waals surface area (Å²) in [6, 6.07) is 20.0. The number of rotatable bonds is 5. The molecule has 0 saturated heterocycles. The molecule has 0 radical (unpaired) electrons. The van der Waals surface area contributed by atoms with Crippen molar-refractivity contribution in [2.45, 2.75) is 4.90 Å². The molecule has 0 fully saturated rings. The van der Waals surface area contributed by atoms with E-state index in [1.165, 1.54) is 18.2 Å². The van der Waals surface area contributed by atoms with Crippen LogP contribution in [0.5, 0.6) is 11.5 Å². The van der Waals surface area contributed by atoms with Gasteiger partial charge in [0, 0.05) is 15.7 Å². The van der Waals surface area contributed by atoms with Crippen LogP contribution in [0.25, 0.3) is 0 Å². The Labute approximate surface area is 156 Å². The zero-order valence-corrected chi connectivity index (χ0v) is 15.1. The largest absolute Gasteiger partial charge is 0.457 e. The molecule has 0 aliphatic carbocycles. The molecular weight excluding hydrogens is 381 g/mol. The predicted molar refractivity (Wildman–Crippen MR) is 100 cm³/mol. The third kappa shape index (κ3) is 4.66. The number of hydrogen-bond acceptors (Lipinski definition) is 3. The van der Waals surface area contributed by atoms with Gasteiger partial charge in [0.15, 0.2) is 0 Å². The normalized spacial score (nSPS) is 11.1. The van der Waals surface area contributed by atoms with Gasteiger partial charge in [-0.05, 0) is 54.6 Å². The molecule has 3 aromatic rings. The third-order valence-electron chi connectivity index (χ3n) is 3.23. The fraction of sp³-hybridized carbons (Fsp3) is 0. The van der Waals surface area contributed by atoms with Crippen LogP contribution >= 0.6 is 23.2 Å². The Morgan fingerprint density at radius 3 is 1.92 bits per heavy atom. The minimum Gasteiger partial charge on any atom is -0.457 e. The van der Waals surface area contributed by atoms with Crippen LogP contribution in [-0.2, 0) is 10.0 Å². The van der Waals surface area contributed by atoms with Gasteiger partial charge in [0.25, 0.3) is 10.0 Å². The van der Waals surface area contributed by atoms with E-state index in [4.69, 9.17) is 27.9 Å². The SMILES string of the molecule is O=S(=O)(Nc1ccc(Oc2ccccc2)cc1)c1cc(Cl)cc(Cl)c1. The number of sulfonamides is 1. The van der Waals surface area contributed by atoms with Gasteiger partial charge in [-0.1, -0.05) is 41.4 Å². The van der Waals surface area contributed by atoms with Crippen molar-refractivity contribution in [1.82, 2.24) is 0 Å². The van der Waals surface area contributed by atoms with Gasteiger partial charge in [0.1, 0.15) is 11.5 Å². The number of halogens is 2. The first-order valence-electron chi connectivity index (χ1n) is 7.24. The van der Waals surface area contributed by atoms with Gasteiger partial charge in [0.2, 0.25) is 0 Å². The van der Waals surface area contributed by atoms with E-state index in [1.807, 2.05) is 30.3 Å². The van der Waals surface area contributed by atoms with Crippen LogP contribution in [0.1, 0.15) is 0 Å². The summed E-state index contributed by atoms with van der Waals surface area (Å²) in [6.07, 6.45) is 0. The van der Waals surface area contributed by atoms with Gasteiger partial charge in [-0.15, -0.1) is 0 Å². The second kappa shape index (κ2) is 7.35. The molecule has 0 aliphatic heterocycles. The predicted octanol–water partition coefficient (Wildman–Crippen LogP) is 5.59. The lowest BCUT2D eigenvalue weighted by molar-refractivity contribution is 0.483. The molecule has 25 heavy (non-hydrogen) atoms. The van der Waals surface area contributed by atoms with E-state index in [9.17, 15) is 8.42 Å². The summed E-state index contributed by atoms with van der Waals surface area (Å²) in [5, 5.41) is 0.499. The molecule has 0 heterocycles. The molecule has 0 spiro atoms. The molecule has 0 amide bonds. The first-order chi connectivity index (χ1) is 11.9. The average Bonchev–Trinajstić information content (AvgIpc) is 2.56. The molecule has 0 unspecified atom stereocenters. The molecule has 0 aliphatic rings. The Morgan fingerprint density at radius 1 is 0.760 bits per heavy atom. The lowest BCUT2D eigenvalue weighted by Gasteiger charge is -2.10. The molecule has 0 bridgehead atoms. The van der Waals surface area contributed by atoms with E-state index in [0.29, 0.717) is 17.2 Å². The minimum absolute atomic E-state index is 0.00499. The number of benzene rings is 3. The minimum atomic E-state index is -3.79. The highest BCUT2D eigenvalue weighted by Crippen LogP contribution is 2.26. The third-order valence-corrected chi connectivity index (χ3v) is 5.03. The zero-order valence-electron chi connectivity index (χ0n) is 12.8. The maximum absolute atomic E-state index is 12.4. The van der Waals surface area contributed by atoms with Crippen molar-refractivity contribution in [3.8, 4) is 11.5 Å². The molecule has 7 heteroatoms. The van der Waals surface area contributed by atoms with Crippen molar-refractivity contribution < 1.29 is 13.2 Å². The summed E-state index contributed by atoms with van der Waals surface area (Å²) >= 11 is 11.7. The smallest absolute Gasteiger partial charge is 0.261 e. The molecular formula is C18H13Cl2NO3S. The molecule has 0 saturated carbocycles. The van der Waals surface area contributed by atoms with E-state index in [1.54, 1.807) is 24.3 Å². The highest BCUT2D eigenvalue weighted by Gasteiger charge is 2.16. The van der Waals surface area contributed by atoms with E-state index in [2.05, 4.69) is 4.72 Å². The zero-order chi connectivity index (χ0) is 17.9. The number of para-hydroxylation sites is 1. The maximum atomic E-state index is 12.4. The highest BCUT2D eigenvalue weighted by atomic mass is 35.5. The van der Waals surface area contributed by atoms with Gasteiger partial charge < -0.3 is 4.74 Å². The summed E-state index contributed by atoms with van der Waals surface area (Å²) in [7, 11) is -3.79. The molecule has 3 rings (SSSR count).